The van der Waals surface area contributed by atoms with Gasteiger partial charge >= 0.3 is 0 Å². The van der Waals surface area contributed by atoms with Crippen molar-refractivity contribution < 1.29 is 0 Å². The van der Waals surface area contributed by atoms with Gasteiger partial charge in [0.1, 0.15) is 0 Å². The molecule has 9 rings (SSSR count). The summed E-state index contributed by atoms with van der Waals surface area (Å²) < 4.78 is 2.35. The summed E-state index contributed by atoms with van der Waals surface area (Å²) in [6, 6.07) is 58.0. The predicted octanol–water partition coefficient (Wildman–Crippen LogP) is 12.2. The summed E-state index contributed by atoms with van der Waals surface area (Å²) in [6.07, 6.45) is 0. The quantitative estimate of drug-likeness (QED) is 0.166. The van der Waals surface area contributed by atoms with E-state index in [0.717, 1.165) is 66.4 Å². The fourth-order valence-electron chi connectivity index (χ4n) is 7.11. The first-order chi connectivity index (χ1) is 25.7. The Bertz CT molecular complexity index is 2740. The Labute approximate surface area is 302 Å². The van der Waals surface area contributed by atoms with Gasteiger partial charge in [-0.3, -0.25) is 0 Å². The smallest absolute Gasteiger partial charge is 0.195 e. The summed E-state index contributed by atoms with van der Waals surface area (Å²) in [5.41, 5.74) is 11.7. The maximum absolute atomic E-state index is 8.27. The molecule has 0 atom stereocenters. The highest BCUT2D eigenvalue weighted by Gasteiger charge is 2.21. The van der Waals surface area contributed by atoms with E-state index in [4.69, 9.17) is 21.5 Å². The lowest BCUT2D eigenvalue weighted by Gasteiger charge is -2.14. The number of hydrogen-bond donors (Lipinski definition) is 0. The number of nitrogens with zero attached hydrogens (tertiary/aromatic N) is 5. The van der Waals surface area contributed by atoms with E-state index in [9.17, 15) is 0 Å². The van der Waals surface area contributed by atoms with Crippen LogP contribution in [0.15, 0.2) is 170 Å². The summed E-state index contributed by atoms with van der Waals surface area (Å²) in [7, 11) is 0. The summed E-state index contributed by atoms with van der Waals surface area (Å²) >= 11 is 0. The minimum absolute atomic E-state index is 0.516. The number of aromatic nitrogens is 4. The van der Waals surface area contributed by atoms with Gasteiger partial charge in [0.05, 0.1) is 17.6 Å². The minimum Gasteiger partial charge on any atom is -0.309 e. The number of aryl methyl sites for hydroxylation is 1. The Kier molecular flexibility index (Phi) is 7.68. The molecule has 5 nitrogen and oxygen atoms in total. The molecule has 0 spiro atoms. The van der Waals surface area contributed by atoms with E-state index in [1.165, 1.54) is 5.56 Å². The molecule has 52 heavy (non-hydrogen) atoms. The largest absolute Gasteiger partial charge is 0.309 e. The SMILES string of the molecule is [C-]#[N+]c1cccc(-c2nc(-c3ccccc3)nc(-c3ccccc3)n2)c1-c1ccc2c(c1)c1cc(-c3ccccc3)ccc1n2-c1ccccc1C. The van der Waals surface area contributed by atoms with Crippen LogP contribution in [0.4, 0.5) is 5.69 Å². The summed E-state index contributed by atoms with van der Waals surface area (Å²) in [6.45, 7) is 10.4. The summed E-state index contributed by atoms with van der Waals surface area (Å²) in [5, 5.41) is 2.24. The van der Waals surface area contributed by atoms with Gasteiger partial charge in [0, 0.05) is 33.2 Å². The summed E-state index contributed by atoms with van der Waals surface area (Å²) in [5.74, 6) is 1.67. The molecule has 0 saturated heterocycles. The van der Waals surface area contributed by atoms with Crippen molar-refractivity contribution in [3.63, 3.8) is 0 Å². The molecule has 0 aliphatic rings. The van der Waals surface area contributed by atoms with Gasteiger partial charge in [-0.05, 0) is 65.1 Å². The summed E-state index contributed by atoms with van der Waals surface area (Å²) in [4.78, 5) is 19.0. The first kappa shape index (κ1) is 30.9. The fourth-order valence-corrected chi connectivity index (χ4v) is 7.11. The normalized spacial score (nSPS) is 11.2. The number of benzene rings is 7. The van der Waals surface area contributed by atoms with E-state index in [1.807, 2.05) is 84.9 Å². The molecule has 9 aromatic rings. The predicted molar refractivity (Wildman–Crippen MR) is 212 cm³/mol. The van der Waals surface area contributed by atoms with Gasteiger partial charge in [-0.25, -0.2) is 19.8 Å². The Morgan fingerprint density at radius 2 is 0.981 bits per heavy atom. The molecule has 0 N–H and O–H groups in total. The number of para-hydroxylation sites is 1. The molecule has 0 fully saturated rings. The van der Waals surface area contributed by atoms with Crippen LogP contribution in [0.1, 0.15) is 5.56 Å². The third-order valence-corrected chi connectivity index (χ3v) is 9.62. The van der Waals surface area contributed by atoms with Crippen LogP contribution in [0.2, 0.25) is 0 Å². The molecular weight excluding hydrogens is 635 g/mol. The van der Waals surface area contributed by atoms with Crippen LogP contribution in [0.25, 0.3) is 88.8 Å². The lowest BCUT2D eigenvalue weighted by atomic mass is 9.95. The standard InChI is InChI=1S/C47H31N5/c1-31-15-12-13-24-41(31)52-42-27-25-35(32-16-6-3-7-17-32)29-38(42)39-30-36(26-28-43(39)52)44-37(22-14-23-40(44)48-2)47-50-45(33-18-8-4-9-19-33)49-46(51-47)34-20-10-5-11-21-34/h3-30H,1H3. The molecule has 0 aliphatic carbocycles. The Morgan fingerprint density at radius 1 is 0.462 bits per heavy atom. The van der Waals surface area contributed by atoms with Crippen molar-refractivity contribution in [2.75, 3.05) is 0 Å². The zero-order chi connectivity index (χ0) is 35.0. The van der Waals surface area contributed by atoms with Crippen LogP contribution in [0.3, 0.4) is 0 Å². The molecule has 2 heterocycles. The molecule has 0 aliphatic heterocycles. The highest BCUT2D eigenvalue weighted by atomic mass is 15.0. The van der Waals surface area contributed by atoms with Crippen LogP contribution in [0.5, 0.6) is 0 Å². The van der Waals surface area contributed by atoms with E-state index < -0.39 is 0 Å². The van der Waals surface area contributed by atoms with E-state index in [2.05, 4.69) is 101 Å². The first-order valence-corrected chi connectivity index (χ1v) is 17.2. The number of hydrogen-bond acceptors (Lipinski definition) is 3. The van der Waals surface area contributed by atoms with E-state index in [1.54, 1.807) is 0 Å². The molecule has 0 saturated carbocycles. The van der Waals surface area contributed by atoms with Gasteiger partial charge in [-0.15, -0.1) is 0 Å². The van der Waals surface area contributed by atoms with Gasteiger partial charge in [-0.1, -0.05) is 140 Å². The van der Waals surface area contributed by atoms with E-state index >= 15 is 0 Å². The van der Waals surface area contributed by atoms with Crippen LogP contribution in [-0.2, 0) is 0 Å². The molecular formula is C47H31N5. The molecule has 0 radical (unpaired) electrons. The topological polar surface area (TPSA) is 48.0 Å². The zero-order valence-corrected chi connectivity index (χ0v) is 28.4. The molecule has 5 heteroatoms. The van der Waals surface area contributed by atoms with Crippen LogP contribution in [0, 0.1) is 13.5 Å². The van der Waals surface area contributed by atoms with Gasteiger partial charge in [0.2, 0.25) is 0 Å². The fraction of sp³-hybridized carbons (Fsp3) is 0.0213. The molecule has 7 aromatic carbocycles. The number of fused-ring (bicyclic) bond motifs is 3. The highest BCUT2D eigenvalue weighted by Crippen LogP contribution is 2.43. The second kappa shape index (κ2) is 12.9. The van der Waals surface area contributed by atoms with Crippen molar-refractivity contribution in [2.45, 2.75) is 6.92 Å². The Balaban J connectivity index is 1.30. The van der Waals surface area contributed by atoms with Gasteiger partial charge in [0.15, 0.2) is 23.2 Å². The van der Waals surface area contributed by atoms with Crippen molar-refractivity contribution in [2.24, 2.45) is 0 Å². The van der Waals surface area contributed by atoms with Crippen LogP contribution >= 0.6 is 0 Å². The lowest BCUT2D eigenvalue weighted by molar-refractivity contribution is 1.07. The molecule has 244 valence electrons. The average molecular weight is 666 g/mol. The molecule has 0 unspecified atom stereocenters. The van der Waals surface area contributed by atoms with E-state index in [0.29, 0.717) is 23.2 Å². The molecule has 0 bridgehead atoms. The molecule has 2 aromatic heterocycles. The van der Waals surface area contributed by atoms with Crippen molar-refractivity contribution in [1.82, 2.24) is 19.5 Å². The average Bonchev–Trinajstić information content (AvgIpc) is 3.54. The first-order valence-electron chi connectivity index (χ1n) is 17.2. The van der Waals surface area contributed by atoms with Gasteiger partial charge in [0.25, 0.3) is 0 Å². The highest BCUT2D eigenvalue weighted by molar-refractivity contribution is 6.12. The van der Waals surface area contributed by atoms with Crippen LogP contribution in [-0.4, -0.2) is 19.5 Å². The van der Waals surface area contributed by atoms with Crippen molar-refractivity contribution in [3.8, 4) is 62.1 Å². The number of rotatable bonds is 6. The third-order valence-electron chi connectivity index (χ3n) is 9.62. The zero-order valence-electron chi connectivity index (χ0n) is 28.4. The third kappa shape index (κ3) is 5.40. The Hall–Kier alpha value is -7.16. The van der Waals surface area contributed by atoms with Crippen molar-refractivity contribution in [3.05, 3.63) is 187 Å². The molecule has 0 amide bonds. The van der Waals surface area contributed by atoms with Crippen LogP contribution < -0.4 is 0 Å². The van der Waals surface area contributed by atoms with E-state index in [-0.39, 0.29) is 0 Å². The Morgan fingerprint density at radius 3 is 1.58 bits per heavy atom. The van der Waals surface area contributed by atoms with Gasteiger partial charge < -0.3 is 4.57 Å². The minimum atomic E-state index is 0.516. The monoisotopic (exact) mass is 665 g/mol. The lowest BCUT2D eigenvalue weighted by Crippen LogP contribution is -2.01. The second-order valence-electron chi connectivity index (χ2n) is 12.8. The maximum Gasteiger partial charge on any atom is 0.195 e. The van der Waals surface area contributed by atoms with Crippen molar-refractivity contribution >= 4 is 27.5 Å². The van der Waals surface area contributed by atoms with Gasteiger partial charge in [-0.2, -0.15) is 0 Å². The maximum atomic E-state index is 8.27. The second-order valence-corrected chi connectivity index (χ2v) is 12.8. The van der Waals surface area contributed by atoms with Crippen molar-refractivity contribution in [1.29, 1.82) is 0 Å².